The molecule has 1 heterocycles. The van der Waals surface area contributed by atoms with Crippen molar-refractivity contribution in [3.63, 3.8) is 0 Å². The minimum atomic E-state index is 0.515. The number of nitrogens with one attached hydrogen (secondary N) is 1. The van der Waals surface area contributed by atoms with Crippen LogP contribution in [0, 0.1) is 5.92 Å². The highest BCUT2D eigenvalue weighted by molar-refractivity contribution is 9.10. The van der Waals surface area contributed by atoms with Gasteiger partial charge in [0.15, 0.2) is 0 Å². The number of hydrogen-bond donors (Lipinski definition) is 1. The van der Waals surface area contributed by atoms with E-state index in [4.69, 9.17) is 0 Å². The number of thiophene rings is 1. The van der Waals surface area contributed by atoms with Gasteiger partial charge in [0.2, 0.25) is 0 Å². The van der Waals surface area contributed by atoms with E-state index in [1.807, 2.05) is 11.3 Å². The van der Waals surface area contributed by atoms with Crippen LogP contribution in [-0.2, 0) is 0 Å². The lowest BCUT2D eigenvalue weighted by molar-refractivity contribution is 0.364. The first kappa shape index (κ1) is 12.2. The second-order valence-electron chi connectivity index (χ2n) is 3.51. The van der Waals surface area contributed by atoms with Crippen LogP contribution in [0.1, 0.15) is 37.6 Å². The molecule has 0 amide bonds. The Bertz CT molecular complexity index is 268. The van der Waals surface area contributed by atoms with Crippen molar-refractivity contribution in [3.05, 3.63) is 20.8 Å². The summed E-state index contributed by atoms with van der Waals surface area (Å²) in [5.74, 6) is 0.741. The Balaban J connectivity index is 2.80. The van der Waals surface area contributed by atoms with Crippen LogP contribution in [-0.4, -0.2) is 7.05 Å². The Labute approximate surface area is 99.0 Å². The highest BCUT2D eigenvalue weighted by Crippen LogP contribution is 2.32. The van der Waals surface area contributed by atoms with Crippen molar-refractivity contribution < 1.29 is 0 Å². The van der Waals surface area contributed by atoms with Gasteiger partial charge < -0.3 is 5.32 Å². The predicted octanol–water partition coefficient (Wildman–Crippen LogP) is 4.21. The zero-order chi connectivity index (χ0) is 10.6. The second-order valence-corrected chi connectivity index (χ2v) is 5.37. The lowest BCUT2D eigenvalue weighted by Gasteiger charge is -2.23. The fraction of sp³-hybridized carbons (Fsp3) is 0.636. The van der Waals surface area contributed by atoms with E-state index < -0.39 is 0 Å². The molecule has 0 aliphatic carbocycles. The summed E-state index contributed by atoms with van der Waals surface area (Å²) in [7, 11) is 2.05. The highest BCUT2D eigenvalue weighted by atomic mass is 79.9. The van der Waals surface area contributed by atoms with Gasteiger partial charge in [-0.05, 0) is 35.0 Å². The third kappa shape index (κ3) is 2.81. The quantitative estimate of drug-likeness (QED) is 0.849. The largest absolute Gasteiger partial charge is 0.312 e. The fourth-order valence-electron chi connectivity index (χ4n) is 1.86. The molecular formula is C11H18BrNS. The van der Waals surface area contributed by atoms with E-state index in [2.05, 4.69) is 53.6 Å². The lowest BCUT2D eigenvalue weighted by Crippen LogP contribution is -2.23. The van der Waals surface area contributed by atoms with Crippen LogP contribution in [0.5, 0.6) is 0 Å². The third-order valence-corrected chi connectivity index (χ3v) is 4.50. The molecule has 0 bridgehead atoms. The molecule has 1 aromatic rings. The Morgan fingerprint density at radius 3 is 2.43 bits per heavy atom. The van der Waals surface area contributed by atoms with E-state index in [1.165, 1.54) is 22.2 Å². The topological polar surface area (TPSA) is 12.0 Å². The minimum Gasteiger partial charge on any atom is -0.312 e. The van der Waals surface area contributed by atoms with E-state index in [0.717, 1.165) is 5.92 Å². The molecule has 0 aromatic carbocycles. The van der Waals surface area contributed by atoms with E-state index in [0.29, 0.717) is 6.04 Å². The Kier molecular flexibility index (Phi) is 5.13. The second kappa shape index (κ2) is 5.89. The van der Waals surface area contributed by atoms with Gasteiger partial charge in [0.1, 0.15) is 0 Å². The molecule has 80 valence electrons. The molecule has 1 aromatic heterocycles. The monoisotopic (exact) mass is 275 g/mol. The van der Waals surface area contributed by atoms with Crippen molar-refractivity contribution in [2.24, 2.45) is 5.92 Å². The average Bonchev–Trinajstić information content (AvgIpc) is 2.60. The number of halogens is 1. The molecule has 1 N–H and O–H groups in total. The molecule has 0 radical (unpaired) electrons. The zero-order valence-corrected chi connectivity index (χ0v) is 11.4. The van der Waals surface area contributed by atoms with Gasteiger partial charge in [-0.2, -0.15) is 0 Å². The van der Waals surface area contributed by atoms with Crippen molar-refractivity contribution in [1.82, 2.24) is 5.32 Å². The Morgan fingerprint density at radius 1 is 1.43 bits per heavy atom. The summed E-state index contributed by atoms with van der Waals surface area (Å²) in [5.41, 5.74) is 0. The number of rotatable bonds is 5. The van der Waals surface area contributed by atoms with E-state index in [-0.39, 0.29) is 0 Å². The molecule has 0 aliphatic heterocycles. The van der Waals surface area contributed by atoms with Crippen LogP contribution in [0.15, 0.2) is 15.9 Å². The summed E-state index contributed by atoms with van der Waals surface area (Å²) >= 11 is 5.34. The van der Waals surface area contributed by atoms with Gasteiger partial charge in [0.05, 0.1) is 0 Å². The zero-order valence-electron chi connectivity index (χ0n) is 9.01. The first-order valence-corrected chi connectivity index (χ1v) is 6.81. The smallest absolute Gasteiger partial charge is 0.0441 e. The highest BCUT2D eigenvalue weighted by Gasteiger charge is 2.19. The molecular weight excluding hydrogens is 258 g/mol. The van der Waals surface area contributed by atoms with Gasteiger partial charge in [0.25, 0.3) is 0 Å². The first-order chi connectivity index (χ1) is 6.72. The van der Waals surface area contributed by atoms with Gasteiger partial charge in [0, 0.05) is 20.8 Å². The minimum absolute atomic E-state index is 0.515. The van der Waals surface area contributed by atoms with Crippen LogP contribution in [0.2, 0.25) is 0 Å². The SMILES string of the molecule is CCC(CC)C(NC)c1cc(Br)cs1. The summed E-state index contributed by atoms with van der Waals surface area (Å²) in [6.07, 6.45) is 2.47. The average molecular weight is 276 g/mol. The summed E-state index contributed by atoms with van der Waals surface area (Å²) in [6, 6.07) is 2.74. The van der Waals surface area contributed by atoms with Gasteiger partial charge in [-0.15, -0.1) is 11.3 Å². The van der Waals surface area contributed by atoms with E-state index in [1.54, 1.807) is 0 Å². The predicted molar refractivity (Wildman–Crippen MR) is 67.9 cm³/mol. The molecule has 1 atom stereocenters. The molecule has 1 rings (SSSR count). The van der Waals surface area contributed by atoms with Crippen LogP contribution in [0.4, 0.5) is 0 Å². The van der Waals surface area contributed by atoms with Gasteiger partial charge >= 0.3 is 0 Å². The number of hydrogen-bond acceptors (Lipinski definition) is 2. The summed E-state index contributed by atoms with van der Waals surface area (Å²) in [4.78, 5) is 1.44. The molecule has 0 saturated carbocycles. The Hall–Kier alpha value is 0.140. The van der Waals surface area contributed by atoms with Crippen LogP contribution < -0.4 is 5.32 Å². The van der Waals surface area contributed by atoms with E-state index in [9.17, 15) is 0 Å². The van der Waals surface area contributed by atoms with Crippen LogP contribution >= 0.6 is 27.3 Å². The first-order valence-electron chi connectivity index (χ1n) is 5.14. The van der Waals surface area contributed by atoms with Gasteiger partial charge in [-0.1, -0.05) is 26.7 Å². The van der Waals surface area contributed by atoms with Crippen molar-refractivity contribution in [2.75, 3.05) is 7.05 Å². The standard InChI is InChI=1S/C11H18BrNS/c1-4-8(5-2)11(13-3)10-6-9(12)7-14-10/h6-8,11,13H,4-5H2,1-3H3. The normalized spacial score (nSPS) is 13.5. The van der Waals surface area contributed by atoms with Crippen molar-refractivity contribution in [3.8, 4) is 0 Å². The molecule has 3 heteroatoms. The van der Waals surface area contributed by atoms with Crippen molar-refractivity contribution in [2.45, 2.75) is 32.7 Å². The summed E-state index contributed by atoms with van der Waals surface area (Å²) in [5, 5.41) is 5.58. The maximum Gasteiger partial charge on any atom is 0.0441 e. The summed E-state index contributed by atoms with van der Waals surface area (Å²) in [6.45, 7) is 4.53. The molecule has 0 fully saturated rings. The lowest BCUT2D eigenvalue weighted by atomic mass is 9.93. The third-order valence-electron chi connectivity index (χ3n) is 2.73. The van der Waals surface area contributed by atoms with E-state index >= 15 is 0 Å². The summed E-state index contributed by atoms with van der Waals surface area (Å²) < 4.78 is 1.20. The Morgan fingerprint density at radius 2 is 2.07 bits per heavy atom. The van der Waals surface area contributed by atoms with Crippen molar-refractivity contribution >= 4 is 27.3 Å². The molecule has 14 heavy (non-hydrogen) atoms. The molecule has 0 aliphatic rings. The van der Waals surface area contributed by atoms with Crippen molar-refractivity contribution in [1.29, 1.82) is 0 Å². The maximum absolute atomic E-state index is 3.51. The van der Waals surface area contributed by atoms with Crippen LogP contribution in [0.3, 0.4) is 0 Å². The van der Waals surface area contributed by atoms with Gasteiger partial charge in [-0.25, -0.2) is 0 Å². The fourth-order valence-corrected chi connectivity index (χ4v) is 3.51. The maximum atomic E-state index is 3.51. The molecule has 1 unspecified atom stereocenters. The van der Waals surface area contributed by atoms with Crippen LogP contribution in [0.25, 0.3) is 0 Å². The molecule has 0 saturated heterocycles. The molecule has 0 spiro atoms. The van der Waals surface area contributed by atoms with Gasteiger partial charge in [-0.3, -0.25) is 0 Å². The molecule has 1 nitrogen and oxygen atoms in total.